The van der Waals surface area contributed by atoms with Crippen LogP contribution in [0.3, 0.4) is 0 Å². The smallest absolute Gasteiger partial charge is 0.191 e. The molecule has 0 saturated heterocycles. The zero-order valence-electron chi connectivity index (χ0n) is 16.6. The van der Waals surface area contributed by atoms with Crippen molar-refractivity contribution in [1.82, 2.24) is 10.6 Å². The van der Waals surface area contributed by atoms with Gasteiger partial charge in [-0.3, -0.25) is 4.99 Å². The van der Waals surface area contributed by atoms with E-state index in [9.17, 15) is 13.9 Å². The summed E-state index contributed by atoms with van der Waals surface area (Å²) in [4.78, 5) is 4.32. The van der Waals surface area contributed by atoms with Crippen molar-refractivity contribution >= 4 is 29.9 Å². The molecule has 0 aliphatic heterocycles. The minimum absolute atomic E-state index is 0. The molecule has 2 unspecified atom stereocenters. The number of aliphatic hydroxyl groups is 1. The Morgan fingerprint density at radius 2 is 1.90 bits per heavy atom. The van der Waals surface area contributed by atoms with E-state index in [0.29, 0.717) is 24.7 Å². The maximum Gasteiger partial charge on any atom is 0.191 e. The van der Waals surface area contributed by atoms with Crippen LogP contribution in [0.5, 0.6) is 0 Å². The first-order valence-electron chi connectivity index (χ1n) is 9.29. The van der Waals surface area contributed by atoms with Crippen LogP contribution in [-0.4, -0.2) is 36.9 Å². The summed E-state index contributed by atoms with van der Waals surface area (Å²) < 4.78 is 32.5. The predicted octanol–water partition coefficient (Wildman–Crippen LogP) is 3.78. The summed E-state index contributed by atoms with van der Waals surface area (Å²) in [6.07, 6.45) is -0.767. The first-order chi connectivity index (χ1) is 13.5. The molecule has 0 bridgehead atoms. The Morgan fingerprint density at radius 3 is 2.55 bits per heavy atom. The van der Waals surface area contributed by atoms with E-state index in [2.05, 4.69) is 15.6 Å². The van der Waals surface area contributed by atoms with Gasteiger partial charge in [-0.1, -0.05) is 36.4 Å². The highest BCUT2D eigenvalue weighted by Gasteiger charge is 2.13. The Labute approximate surface area is 187 Å². The van der Waals surface area contributed by atoms with Crippen molar-refractivity contribution in [3.8, 4) is 0 Å². The maximum atomic E-state index is 13.9. The summed E-state index contributed by atoms with van der Waals surface area (Å²) in [7, 11) is 0. The SMILES string of the molecule is CCNC(=NCC(O)COCc1ccccc1)NC(C)c1ccc(F)cc1F.I. The second-order valence-electron chi connectivity index (χ2n) is 6.41. The van der Waals surface area contributed by atoms with Gasteiger partial charge in [0.1, 0.15) is 11.6 Å². The molecule has 0 radical (unpaired) electrons. The highest BCUT2D eigenvalue weighted by Crippen LogP contribution is 2.17. The summed E-state index contributed by atoms with van der Waals surface area (Å²) in [5.41, 5.74) is 1.36. The Balaban J connectivity index is 0.00000420. The molecule has 2 aromatic carbocycles. The standard InChI is InChI=1S/C21H27F2N3O2.HI/c1-3-24-21(26-15(2)19-10-9-17(22)11-20(19)23)25-12-18(27)14-28-13-16-7-5-4-6-8-16;/h4-11,15,18,27H,3,12-14H2,1-2H3,(H2,24,25,26);1H. The molecular formula is C21H28F2IN3O2. The molecule has 0 spiro atoms. The zero-order chi connectivity index (χ0) is 20.4. The molecule has 0 saturated carbocycles. The minimum atomic E-state index is -0.767. The molecule has 5 nitrogen and oxygen atoms in total. The molecule has 2 aromatic rings. The molecule has 8 heteroatoms. The van der Waals surface area contributed by atoms with Gasteiger partial charge < -0.3 is 20.5 Å². The third-order valence-electron chi connectivity index (χ3n) is 4.01. The average molecular weight is 519 g/mol. The van der Waals surface area contributed by atoms with Crippen molar-refractivity contribution in [3.63, 3.8) is 0 Å². The van der Waals surface area contributed by atoms with Gasteiger partial charge in [-0.15, -0.1) is 24.0 Å². The summed E-state index contributed by atoms with van der Waals surface area (Å²) in [6, 6.07) is 12.7. The van der Waals surface area contributed by atoms with Crippen LogP contribution in [0, 0.1) is 11.6 Å². The highest BCUT2D eigenvalue weighted by atomic mass is 127. The Morgan fingerprint density at radius 1 is 1.17 bits per heavy atom. The van der Waals surface area contributed by atoms with Crippen LogP contribution >= 0.6 is 24.0 Å². The van der Waals surface area contributed by atoms with Crippen LogP contribution in [0.15, 0.2) is 53.5 Å². The summed E-state index contributed by atoms with van der Waals surface area (Å²) >= 11 is 0. The normalized spacial score (nSPS) is 13.3. The van der Waals surface area contributed by atoms with Gasteiger partial charge >= 0.3 is 0 Å². The number of aliphatic imine (C=N–C) groups is 1. The fourth-order valence-electron chi connectivity index (χ4n) is 2.59. The first-order valence-corrected chi connectivity index (χ1v) is 9.29. The van der Waals surface area contributed by atoms with Gasteiger partial charge in [0.25, 0.3) is 0 Å². The lowest BCUT2D eigenvalue weighted by Gasteiger charge is -2.19. The second-order valence-corrected chi connectivity index (χ2v) is 6.41. The third kappa shape index (κ3) is 9.05. The number of ether oxygens (including phenoxy) is 1. The number of guanidine groups is 1. The van der Waals surface area contributed by atoms with Crippen molar-refractivity contribution in [3.05, 3.63) is 71.3 Å². The monoisotopic (exact) mass is 519 g/mol. The molecule has 160 valence electrons. The third-order valence-corrected chi connectivity index (χ3v) is 4.01. The number of benzene rings is 2. The van der Waals surface area contributed by atoms with E-state index in [1.807, 2.05) is 37.3 Å². The van der Waals surface area contributed by atoms with Crippen LogP contribution in [0.25, 0.3) is 0 Å². The number of halogens is 3. The quantitative estimate of drug-likeness (QED) is 0.268. The zero-order valence-corrected chi connectivity index (χ0v) is 18.9. The molecule has 2 rings (SSSR count). The summed E-state index contributed by atoms with van der Waals surface area (Å²) in [6.45, 7) is 4.96. The Kier molecular flexibility index (Phi) is 11.7. The molecule has 0 aliphatic rings. The summed E-state index contributed by atoms with van der Waals surface area (Å²) in [5.74, 6) is -0.807. The van der Waals surface area contributed by atoms with Crippen LogP contribution in [-0.2, 0) is 11.3 Å². The van der Waals surface area contributed by atoms with E-state index in [1.54, 1.807) is 6.92 Å². The number of rotatable bonds is 9. The summed E-state index contributed by atoms with van der Waals surface area (Å²) in [5, 5.41) is 16.2. The molecule has 0 aliphatic carbocycles. The van der Waals surface area contributed by atoms with E-state index in [1.165, 1.54) is 12.1 Å². The van der Waals surface area contributed by atoms with Crippen LogP contribution in [0.1, 0.15) is 31.0 Å². The molecule has 3 N–H and O–H groups in total. The van der Waals surface area contributed by atoms with Crippen molar-refractivity contribution in [2.45, 2.75) is 32.6 Å². The molecular weight excluding hydrogens is 491 g/mol. The first kappa shape index (κ1) is 25.3. The Bertz CT molecular complexity index is 763. The average Bonchev–Trinajstić information content (AvgIpc) is 2.67. The van der Waals surface area contributed by atoms with Gasteiger partial charge in [0.15, 0.2) is 5.96 Å². The fourth-order valence-corrected chi connectivity index (χ4v) is 2.59. The van der Waals surface area contributed by atoms with Gasteiger partial charge in [0, 0.05) is 18.2 Å². The van der Waals surface area contributed by atoms with Crippen molar-refractivity contribution < 1.29 is 18.6 Å². The number of nitrogens with one attached hydrogen (secondary N) is 2. The largest absolute Gasteiger partial charge is 0.389 e. The van der Waals surface area contributed by atoms with Crippen molar-refractivity contribution in [2.75, 3.05) is 19.7 Å². The van der Waals surface area contributed by atoms with Crippen LogP contribution in [0.2, 0.25) is 0 Å². The number of nitrogens with zero attached hydrogens (tertiary/aromatic N) is 1. The van der Waals surface area contributed by atoms with E-state index >= 15 is 0 Å². The maximum absolute atomic E-state index is 13.9. The number of aliphatic hydroxyl groups excluding tert-OH is 1. The lowest BCUT2D eigenvalue weighted by molar-refractivity contribution is 0.0331. The van der Waals surface area contributed by atoms with E-state index in [-0.39, 0.29) is 37.1 Å². The van der Waals surface area contributed by atoms with Gasteiger partial charge in [-0.05, 0) is 25.5 Å². The van der Waals surface area contributed by atoms with E-state index in [4.69, 9.17) is 4.74 Å². The molecule has 0 heterocycles. The molecule has 0 fully saturated rings. The number of hydrogen-bond acceptors (Lipinski definition) is 3. The van der Waals surface area contributed by atoms with Gasteiger partial charge in [0.05, 0.1) is 31.9 Å². The predicted molar refractivity (Wildman–Crippen MR) is 121 cm³/mol. The lowest BCUT2D eigenvalue weighted by atomic mass is 10.1. The minimum Gasteiger partial charge on any atom is -0.389 e. The molecule has 2 atom stereocenters. The van der Waals surface area contributed by atoms with Crippen molar-refractivity contribution in [2.24, 2.45) is 4.99 Å². The van der Waals surface area contributed by atoms with Gasteiger partial charge in [-0.2, -0.15) is 0 Å². The number of hydrogen-bond donors (Lipinski definition) is 3. The van der Waals surface area contributed by atoms with Crippen LogP contribution in [0.4, 0.5) is 8.78 Å². The van der Waals surface area contributed by atoms with E-state index in [0.717, 1.165) is 11.6 Å². The van der Waals surface area contributed by atoms with Gasteiger partial charge in [-0.25, -0.2) is 8.78 Å². The highest BCUT2D eigenvalue weighted by molar-refractivity contribution is 14.0. The Hall–Kier alpha value is -1.78. The van der Waals surface area contributed by atoms with Gasteiger partial charge in [0.2, 0.25) is 0 Å². The topological polar surface area (TPSA) is 65.9 Å². The van der Waals surface area contributed by atoms with Crippen molar-refractivity contribution in [1.29, 1.82) is 0 Å². The molecule has 0 aromatic heterocycles. The van der Waals surface area contributed by atoms with Crippen LogP contribution < -0.4 is 10.6 Å². The second kappa shape index (κ2) is 13.4. The molecule has 29 heavy (non-hydrogen) atoms. The van der Waals surface area contributed by atoms with E-state index < -0.39 is 23.8 Å². The molecule has 0 amide bonds. The lowest BCUT2D eigenvalue weighted by Crippen LogP contribution is -2.39. The fraction of sp³-hybridized carbons (Fsp3) is 0.381.